The highest BCUT2D eigenvalue weighted by atomic mass is 15.3. The SMILES string of the molecule is N#Cc1ccccc1N1CCC2CCN(c3cnccn3)CC21. The van der Waals surface area contributed by atoms with Crippen molar-refractivity contribution in [3.8, 4) is 6.07 Å². The Bertz CT molecular complexity index is 724. The predicted molar refractivity (Wildman–Crippen MR) is 89.3 cm³/mol. The van der Waals surface area contributed by atoms with Crippen LogP contribution >= 0.6 is 0 Å². The second-order valence-corrected chi connectivity index (χ2v) is 6.24. The van der Waals surface area contributed by atoms with Crippen molar-refractivity contribution in [2.75, 3.05) is 29.4 Å². The minimum atomic E-state index is 0.445. The number of nitrogens with zero attached hydrogens (tertiary/aromatic N) is 5. The Balaban J connectivity index is 1.61. The highest BCUT2D eigenvalue weighted by Gasteiger charge is 2.39. The quantitative estimate of drug-likeness (QED) is 0.853. The lowest BCUT2D eigenvalue weighted by Gasteiger charge is -2.39. The molecule has 0 radical (unpaired) electrons. The van der Waals surface area contributed by atoms with Crippen molar-refractivity contribution in [1.29, 1.82) is 5.26 Å². The molecule has 0 amide bonds. The van der Waals surface area contributed by atoms with Gasteiger partial charge in [0.2, 0.25) is 0 Å². The van der Waals surface area contributed by atoms with Gasteiger partial charge in [-0.2, -0.15) is 5.26 Å². The molecule has 2 aromatic rings. The molecule has 2 aliphatic rings. The lowest BCUT2D eigenvalue weighted by molar-refractivity contribution is 0.389. The van der Waals surface area contributed by atoms with Crippen LogP contribution in [-0.4, -0.2) is 35.6 Å². The van der Waals surface area contributed by atoms with E-state index in [0.717, 1.165) is 36.7 Å². The van der Waals surface area contributed by atoms with E-state index in [9.17, 15) is 5.26 Å². The molecule has 2 saturated heterocycles. The molecule has 4 rings (SSSR count). The molecule has 0 N–H and O–H groups in total. The Morgan fingerprint density at radius 1 is 1.13 bits per heavy atom. The van der Waals surface area contributed by atoms with Crippen molar-refractivity contribution >= 4 is 11.5 Å². The van der Waals surface area contributed by atoms with Gasteiger partial charge < -0.3 is 9.80 Å². The molecule has 5 heteroatoms. The fraction of sp³-hybridized carbons (Fsp3) is 0.389. The number of benzene rings is 1. The van der Waals surface area contributed by atoms with Crippen molar-refractivity contribution in [2.45, 2.75) is 18.9 Å². The first-order valence-corrected chi connectivity index (χ1v) is 8.13. The number of hydrogen-bond acceptors (Lipinski definition) is 5. The number of rotatable bonds is 2. The maximum absolute atomic E-state index is 9.40. The van der Waals surface area contributed by atoms with E-state index in [2.05, 4.69) is 31.9 Å². The lowest BCUT2D eigenvalue weighted by Crippen LogP contribution is -2.48. The Kier molecular flexibility index (Phi) is 3.58. The number of hydrogen-bond donors (Lipinski definition) is 0. The van der Waals surface area contributed by atoms with Gasteiger partial charge in [-0.15, -0.1) is 0 Å². The van der Waals surface area contributed by atoms with Crippen LogP contribution in [0.3, 0.4) is 0 Å². The molecule has 3 heterocycles. The van der Waals surface area contributed by atoms with Crippen molar-refractivity contribution in [3.05, 3.63) is 48.4 Å². The molecule has 2 aliphatic heterocycles. The largest absolute Gasteiger partial charge is 0.365 e. The van der Waals surface area contributed by atoms with Gasteiger partial charge in [-0.3, -0.25) is 4.98 Å². The summed E-state index contributed by atoms with van der Waals surface area (Å²) in [4.78, 5) is 13.4. The molecule has 1 aromatic heterocycles. The maximum Gasteiger partial charge on any atom is 0.147 e. The van der Waals surface area contributed by atoms with Crippen molar-refractivity contribution in [1.82, 2.24) is 9.97 Å². The van der Waals surface area contributed by atoms with Crippen LogP contribution in [0.15, 0.2) is 42.9 Å². The number of para-hydroxylation sites is 1. The number of nitriles is 1. The zero-order chi connectivity index (χ0) is 15.6. The zero-order valence-electron chi connectivity index (χ0n) is 13.0. The van der Waals surface area contributed by atoms with Gasteiger partial charge in [-0.05, 0) is 30.9 Å². The van der Waals surface area contributed by atoms with Crippen molar-refractivity contribution in [3.63, 3.8) is 0 Å². The van der Waals surface area contributed by atoms with Crippen LogP contribution in [0, 0.1) is 17.2 Å². The summed E-state index contributed by atoms with van der Waals surface area (Å²) in [6.07, 6.45) is 7.67. The molecule has 2 unspecified atom stereocenters. The van der Waals surface area contributed by atoms with Gasteiger partial charge in [0.25, 0.3) is 0 Å². The predicted octanol–water partition coefficient (Wildman–Crippen LogP) is 2.45. The number of anilines is 2. The second-order valence-electron chi connectivity index (χ2n) is 6.24. The lowest BCUT2D eigenvalue weighted by atomic mass is 9.92. The second kappa shape index (κ2) is 5.88. The Morgan fingerprint density at radius 3 is 2.83 bits per heavy atom. The highest BCUT2D eigenvalue weighted by Crippen LogP contribution is 2.37. The molecule has 2 fully saturated rings. The van der Waals surface area contributed by atoms with Gasteiger partial charge >= 0.3 is 0 Å². The summed E-state index contributed by atoms with van der Waals surface area (Å²) in [5.74, 6) is 1.65. The average Bonchev–Trinajstić information content (AvgIpc) is 3.05. The third kappa shape index (κ3) is 2.50. The molecule has 0 spiro atoms. The standard InChI is InChI=1S/C18H19N5/c19-11-15-3-1-2-4-16(15)23-10-6-14-5-9-22(13-17(14)23)18-12-20-7-8-21-18/h1-4,7-8,12,14,17H,5-6,9-10,13H2. The average molecular weight is 305 g/mol. The van der Waals surface area contributed by atoms with Gasteiger partial charge in [0.05, 0.1) is 17.4 Å². The van der Waals surface area contributed by atoms with Crippen LogP contribution in [0.4, 0.5) is 11.5 Å². The molecular weight excluding hydrogens is 286 g/mol. The molecule has 2 atom stereocenters. The minimum absolute atomic E-state index is 0.445. The van der Waals surface area contributed by atoms with Crippen LogP contribution in [0.1, 0.15) is 18.4 Å². The van der Waals surface area contributed by atoms with E-state index in [1.807, 2.05) is 24.4 Å². The maximum atomic E-state index is 9.40. The molecule has 1 aromatic carbocycles. The van der Waals surface area contributed by atoms with Gasteiger partial charge in [-0.1, -0.05) is 12.1 Å². The van der Waals surface area contributed by atoms with E-state index < -0.39 is 0 Å². The Hall–Kier alpha value is -2.61. The van der Waals surface area contributed by atoms with Crippen LogP contribution in [0.5, 0.6) is 0 Å². The van der Waals surface area contributed by atoms with Crippen molar-refractivity contribution in [2.24, 2.45) is 5.92 Å². The molecular formula is C18H19N5. The molecule has 116 valence electrons. The third-order valence-corrected chi connectivity index (χ3v) is 5.07. The smallest absolute Gasteiger partial charge is 0.147 e. The monoisotopic (exact) mass is 305 g/mol. The fourth-order valence-corrected chi connectivity index (χ4v) is 3.92. The van der Waals surface area contributed by atoms with E-state index >= 15 is 0 Å². The summed E-state index contributed by atoms with van der Waals surface area (Å²) in [6.45, 7) is 3.01. The number of piperidine rings is 1. The van der Waals surface area contributed by atoms with Gasteiger partial charge in [0, 0.05) is 38.1 Å². The first kappa shape index (κ1) is 14.0. The summed E-state index contributed by atoms with van der Waals surface area (Å²) in [5.41, 5.74) is 1.84. The van der Waals surface area contributed by atoms with E-state index in [4.69, 9.17) is 0 Å². The Labute approximate surface area is 136 Å². The normalized spacial score (nSPS) is 23.4. The van der Waals surface area contributed by atoms with Crippen molar-refractivity contribution < 1.29 is 0 Å². The summed E-state index contributed by atoms with van der Waals surface area (Å²) in [5, 5.41) is 9.40. The van der Waals surface area contributed by atoms with Gasteiger partial charge in [0.1, 0.15) is 11.9 Å². The van der Waals surface area contributed by atoms with Crippen LogP contribution in [0.25, 0.3) is 0 Å². The minimum Gasteiger partial charge on any atom is -0.365 e. The summed E-state index contributed by atoms with van der Waals surface area (Å²) in [7, 11) is 0. The van der Waals surface area contributed by atoms with E-state index in [0.29, 0.717) is 12.0 Å². The van der Waals surface area contributed by atoms with Gasteiger partial charge in [-0.25, -0.2) is 4.98 Å². The highest BCUT2D eigenvalue weighted by molar-refractivity contribution is 5.61. The number of fused-ring (bicyclic) bond motifs is 1. The van der Waals surface area contributed by atoms with E-state index in [1.54, 1.807) is 12.4 Å². The van der Waals surface area contributed by atoms with Crippen LogP contribution in [0.2, 0.25) is 0 Å². The zero-order valence-corrected chi connectivity index (χ0v) is 13.0. The fourth-order valence-electron chi connectivity index (χ4n) is 3.92. The first-order chi connectivity index (χ1) is 11.4. The molecule has 0 bridgehead atoms. The molecule has 0 aliphatic carbocycles. The van der Waals surface area contributed by atoms with Crippen LogP contribution < -0.4 is 9.80 Å². The van der Waals surface area contributed by atoms with Crippen LogP contribution in [-0.2, 0) is 0 Å². The Morgan fingerprint density at radius 2 is 2.00 bits per heavy atom. The summed E-state index contributed by atoms with van der Waals surface area (Å²) >= 11 is 0. The molecule has 0 saturated carbocycles. The van der Waals surface area contributed by atoms with Gasteiger partial charge in [0.15, 0.2) is 0 Å². The van der Waals surface area contributed by atoms with E-state index in [1.165, 1.54) is 12.8 Å². The summed E-state index contributed by atoms with van der Waals surface area (Å²) < 4.78 is 0. The topological polar surface area (TPSA) is 56.1 Å². The van der Waals surface area contributed by atoms with E-state index in [-0.39, 0.29) is 0 Å². The summed E-state index contributed by atoms with van der Waals surface area (Å²) in [6, 6.07) is 10.7. The molecule has 23 heavy (non-hydrogen) atoms. The molecule has 5 nitrogen and oxygen atoms in total. The third-order valence-electron chi connectivity index (χ3n) is 5.07. The number of aromatic nitrogens is 2. The first-order valence-electron chi connectivity index (χ1n) is 8.13.